The highest BCUT2D eigenvalue weighted by Gasteiger charge is 2.32. The van der Waals surface area contributed by atoms with Crippen molar-refractivity contribution in [1.29, 1.82) is 0 Å². The van der Waals surface area contributed by atoms with Gasteiger partial charge in [0.25, 0.3) is 0 Å². The molecule has 2 aliphatic rings. The molecular weight excluding hydrogens is 298 g/mol. The Balaban J connectivity index is 1.58. The van der Waals surface area contributed by atoms with E-state index in [1.807, 2.05) is 4.90 Å². The second kappa shape index (κ2) is 6.91. The maximum absolute atomic E-state index is 12.6. The summed E-state index contributed by atoms with van der Waals surface area (Å²) in [5.41, 5.74) is 5.94. The van der Waals surface area contributed by atoms with Crippen LogP contribution >= 0.6 is 11.5 Å². The van der Waals surface area contributed by atoms with Crippen LogP contribution in [-0.2, 0) is 11.2 Å². The molecule has 0 bridgehead atoms. The zero-order chi connectivity index (χ0) is 15.5. The standard InChI is InChI=1S/C15H25N5OS/c1-2-13-17-15(22-18-13)20-7-3-6-19(8-9-20)14(21)11-4-5-12(16)10-11/h11-12H,2-10,16H2,1H3. The van der Waals surface area contributed by atoms with Gasteiger partial charge in [-0.1, -0.05) is 6.92 Å². The first kappa shape index (κ1) is 15.7. The van der Waals surface area contributed by atoms with Crippen LogP contribution in [0.5, 0.6) is 0 Å². The van der Waals surface area contributed by atoms with E-state index in [1.54, 1.807) is 0 Å². The molecule has 22 heavy (non-hydrogen) atoms. The first-order valence-corrected chi connectivity index (χ1v) is 9.06. The second-order valence-corrected chi connectivity index (χ2v) is 7.01. The number of rotatable bonds is 3. The lowest BCUT2D eigenvalue weighted by molar-refractivity contribution is -0.135. The molecule has 1 saturated heterocycles. The van der Waals surface area contributed by atoms with Crippen LogP contribution in [0.4, 0.5) is 5.13 Å². The molecule has 0 spiro atoms. The van der Waals surface area contributed by atoms with E-state index >= 15 is 0 Å². The predicted octanol–water partition coefficient (Wildman–Crippen LogP) is 1.27. The van der Waals surface area contributed by atoms with Crippen LogP contribution in [0.15, 0.2) is 0 Å². The fraction of sp³-hybridized carbons (Fsp3) is 0.800. The summed E-state index contributed by atoms with van der Waals surface area (Å²) in [5.74, 6) is 1.37. The third kappa shape index (κ3) is 3.41. The molecule has 122 valence electrons. The molecular formula is C15H25N5OS. The van der Waals surface area contributed by atoms with Gasteiger partial charge in [0, 0.05) is 56.1 Å². The zero-order valence-corrected chi connectivity index (χ0v) is 14.0. The summed E-state index contributed by atoms with van der Waals surface area (Å²) in [6, 6.07) is 0.214. The number of amides is 1. The van der Waals surface area contributed by atoms with E-state index in [0.29, 0.717) is 5.91 Å². The number of carbonyl (C=O) groups is 1. The van der Waals surface area contributed by atoms with Crippen LogP contribution in [0.1, 0.15) is 38.4 Å². The molecule has 2 fully saturated rings. The van der Waals surface area contributed by atoms with Crippen molar-refractivity contribution < 1.29 is 4.79 Å². The SMILES string of the molecule is CCc1nsc(N2CCCN(C(=O)C3CCC(N)C3)CC2)n1. The highest BCUT2D eigenvalue weighted by Crippen LogP contribution is 2.27. The molecule has 0 radical (unpaired) electrons. The molecule has 2 atom stereocenters. The number of hydrogen-bond acceptors (Lipinski definition) is 6. The summed E-state index contributed by atoms with van der Waals surface area (Å²) in [5, 5.41) is 0.994. The maximum atomic E-state index is 12.6. The number of aromatic nitrogens is 2. The van der Waals surface area contributed by atoms with Crippen LogP contribution in [0.3, 0.4) is 0 Å². The highest BCUT2D eigenvalue weighted by molar-refractivity contribution is 7.09. The van der Waals surface area contributed by atoms with Crippen molar-refractivity contribution in [2.45, 2.75) is 45.1 Å². The van der Waals surface area contributed by atoms with Gasteiger partial charge in [-0.05, 0) is 25.7 Å². The van der Waals surface area contributed by atoms with Gasteiger partial charge in [0.2, 0.25) is 11.0 Å². The average molecular weight is 323 g/mol. The van der Waals surface area contributed by atoms with Crippen molar-refractivity contribution in [2.24, 2.45) is 11.7 Å². The van der Waals surface area contributed by atoms with Crippen molar-refractivity contribution in [3.63, 3.8) is 0 Å². The minimum Gasteiger partial charge on any atom is -0.345 e. The quantitative estimate of drug-likeness (QED) is 0.906. The fourth-order valence-corrected chi connectivity index (χ4v) is 4.15. The van der Waals surface area contributed by atoms with Gasteiger partial charge >= 0.3 is 0 Å². The Kier molecular flexibility index (Phi) is 4.93. The van der Waals surface area contributed by atoms with Gasteiger partial charge in [0.05, 0.1) is 0 Å². The number of carbonyl (C=O) groups excluding carboxylic acids is 1. The average Bonchev–Trinajstić information content (AvgIpc) is 3.10. The largest absolute Gasteiger partial charge is 0.345 e. The van der Waals surface area contributed by atoms with Crippen LogP contribution in [0, 0.1) is 5.92 Å². The summed E-state index contributed by atoms with van der Waals surface area (Å²) in [6.07, 6.45) is 4.66. The highest BCUT2D eigenvalue weighted by atomic mass is 32.1. The lowest BCUT2D eigenvalue weighted by atomic mass is 10.1. The monoisotopic (exact) mass is 323 g/mol. The van der Waals surface area contributed by atoms with Crippen LogP contribution in [0.25, 0.3) is 0 Å². The summed E-state index contributed by atoms with van der Waals surface area (Å²) >= 11 is 1.47. The minimum atomic E-state index is 0.148. The molecule has 3 rings (SSSR count). The van der Waals surface area contributed by atoms with Crippen molar-refractivity contribution in [3.05, 3.63) is 5.82 Å². The van der Waals surface area contributed by atoms with Crippen molar-refractivity contribution in [1.82, 2.24) is 14.3 Å². The number of nitrogens with zero attached hydrogens (tertiary/aromatic N) is 4. The van der Waals surface area contributed by atoms with Crippen LogP contribution in [0.2, 0.25) is 0 Å². The molecule has 1 aromatic heterocycles. The molecule has 1 aliphatic heterocycles. The first-order chi connectivity index (χ1) is 10.7. The summed E-state index contributed by atoms with van der Waals surface area (Å²) in [4.78, 5) is 21.5. The molecule has 1 aliphatic carbocycles. The van der Waals surface area contributed by atoms with Gasteiger partial charge in [-0.2, -0.15) is 4.37 Å². The summed E-state index contributed by atoms with van der Waals surface area (Å²) < 4.78 is 4.36. The third-order valence-electron chi connectivity index (χ3n) is 4.67. The van der Waals surface area contributed by atoms with Gasteiger partial charge < -0.3 is 15.5 Å². The van der Waals surface area contributed by atoms with E-state index in [9.17, 15) is 4.79 Å². The van der Waals surface area contributed by atoms with Gasteiger partial charge in [-0.3, -0.25) is 4.79 Å². The van der Waals surface area contributed by atoms with E-state index < -0.39 is 0 Å². The Bertz CT molecular complexity index is 520. The predicted molar refractivity (Wildman–Crippen MR) is 88.0 cm³/mol. The molecule has 2 N–H and O–H groups in total. The first-order valence-electron chi connectivity index (χ1n) is 8.29. The Hall–Kier alpha value is -1.21. The topological polar surface area (TPSA) is 75.4 Å². The maximum Gasteiger partial charge on any atom is 0.225 e. The van der Waals surface area contributed by atoms with E-state index in [1.165, 1.54) is 11.5 Å². The lowest BCUT2D eigenvalue weighted by Gasteiger charge is -2.24. The molecule has 1 amide bonds. The normalized spacial score (nSPS) is 26.3. The van der Waals surface area contributed by atoms with Gasteiger partial charge in [0.15, 0.2) is 0 Å². The molecule has 0 aromatic carbocycles. The smallest absolute Gasteiger partial charge is 0.225 e. The van der Waals surface area contributed by atoms with E-state index in [4.69, 9.17) is 5.73 Å². The third-order valence-corrected chi connectivity index (χ3v) is 5.49. The summed E-state index contributed by atoms with van der Waals surface area (Å²) in [7, 11) is 0. The minimum absolute atomic E-state index is 0.148. The lowest BCUT2D eigenvalue weighted by Crippen LogP contribution is -2.38. The van der Waals surface area contributed by atoms with Crippen LogP contribution < -0.4 is 10.6 Å². The fourth-order valence-electron chi connectivity index (χ4n) is 3.34. The van der Waals surface area contributed by atoms with E-state index in [2.05, 4.69) is 21.2 Å². The Morgan fingerprint density at radius 2 is 2.18 bits per heavy atom. The number of hydrogen-bond donors (Lipinski definition) is 1. The number of aryl methyl sites for hydroxylation is 1. The van der Waals surface area contributed by atoms with Crippen molar-refractivity contribution in [3.8, 4) is 0 Å². The zero-order valence-electron chi connectivity index (χ0n) is 13.2. The molecule has 7 heteroatoms. The molecule has 2 unspecified atom stereocenters. The van der Waals surface area contributed by atoms with Crippen molar-refractivity contribution in [2.75, 3.05) is 31.1 Å². The Morgan fingerprint density at radius 3 is 2.86 bits per heavy atom. The molecule has 2 heterocycles. The molecule has 1 saturated carbocycles. The van der Waals surface area contributed by atoms with Gasteiger partial charge in [0.1, 0.15) is 5.82 Å². The van der Waals surface area contributed by atoms with E-state index in [0.717, 1.165) is 69.2 Å². The second-order valence-electron chi connectivity index (χ2n) is 6.28. The molecule has 6 nitrogen and oxygen atoms in total. The Morgan fingerprint density at radius 1 is 1.32 bits per heavy atom. The van der Waals surface area contributed by atoms with Crippen LogP contribution in [-0.4, -0.2) is 52.4 Å². The summed E-state index contributed by atoms with van der Waals surface area (Å²) in [6.45, 7) is 5.50. The van der Waals surface area contributed by atoms with Crippen molar-refractivity contribution >= 4 is 22.6 Å². The number of nitrogens with two attached hydrogens (primary N) is 1. The van der Waals surface area contributed by atoms with E-state index in [-0.39, 0.29) is 12.0 Å². The van der Waals surface area contributed by atoms with Gasteiger partial charge in [-0.25, -0.2) is 4.98 Å². The Labute approximate surface area is 135 Å². The number of anilines is 1. The molecule has 1 aromatic rings. The van der Waals surface area contributed by atoms with Gasteiger partial charge in [-0.15, -0.1) is 0 Å².